The molecule has 2 rings (SSSR count). The lowest BCUT2D eigenvalue weighted by molar-refractivity contribution is 0.562. The summed E-state index contributed by atoms with van der Waals surface area (Å²) in [6.45, 7) is 7.85. The van der Waals surface area contributed by atoms with Crippen LogP contribution in [-0.2, 0) is 0 Å². The number of allylic oxidation sites excluding steroid dienone is 1. The highest BCUT2D eigenvalue weighted by Gasteiger charge is 2.07. The van der Waals surface area contributed by atoms with Crippen LogP contribution in [0, 0.1) is 0 Å². The summed E-state index contributed by atoms with van der Waals surface area (Å²) < 4.78 is 0. The van der Waals surface area contributed by atoms with E-state index in [1.165, 1.54) is 43.2 Å². The van der Waals surface area contributed by atoms with E-state index >= 15 is 0 Å². The molecule has 1 aliphatic rings. The van der Waals surface area contributed by atoms with Crippen LogP contribution in [0.5, 0.6) is 0 Å². The quantitative estimate of drug-likeness (QED) is 0.688. The summed E-state index contributed by atoms with van der Waals surface area (Å²) in [5.41, 5.74) is 4.48. The first-order chi connectivity index (χ1) is 9.66. The molecule has 0 bridgehead atoms. The second kappa shape index (κ2) is 7.64. The molecule has 1 N–H and O–H groups in total. The van der Waals surface area contributed by atoms with E-state index in [0.717, 1.165) is 6.54 Å². The van der Waals surface area contributed by atoms with Crippen molar-refractivity contribution < 1.29 is 0 Å². The molecule has 0 saturated carbocycles. The molecule has 0 amide bonds. The Morgan fingerprint density at radius 2 is 1.70 bits per heavy atom. The highest BCUT2D eigenvalue weighted by Crippen LogP contribution is 2.21. The van der Waals surface area contributed by atoms with Gasteiger partial charge in [0.15, 0.2) is 0 Å². The van der Waals surface area contributed by atoms with Gasteiger partial charge in [-0.3, -0.25) is 0 Å². The average Bonchev–Trinajstić information content (AvgIpc) is 2.48. The lowest BCUT2D eigenvalue weighted by atomic mass is 9.97. The summed E-state index contributed by atoms with van der Waals surface area (Å²) in [6.07, 6.45) is 9.05. The van der Waals surface area contributed by atoms with E-state index in [4.69, 9.17) is 0 Å². The molecular weight excluding hydrogens is 242 g/mol. The SMILES string of the molecule is CC(C)c1ccc(C(C)NCCC2=CCCCC2)cc1. The fourth-order valence-electron chi connectivity index (χ4n) is 2.87. The fraction of sp³-hybridized carbons (Fsp3) is 0.579. The van der Waals surface area contributed by atoms with Crippen molar-refractivity contribution in [2.75, 3.05) is 6.54 Å². The molecule has 1 aliphatic carbocycles. The van der Waals surface area contributed by atoms with Crippen LogP contribution in [0.2, 0.25) is 0 Å². The van der Waals surface area contributed by atoms with E-state index < -0.39 is 0 Å². The topological polar surface area (TPSA) is 12.0 Å². The van der Waals surface area contributed by atoms with Crippen molar-refractivity contribution in [2.24, 2.45) is 0 Å². The van der Waals surface area contributed by atoms with E-state index in [9.17, 15) is 0 Å². The minimum absolute atomic E-state index is 0.445. The standard InChI is InChI=1S/C19H29N/c1-15(2)18-9-11-19(12-10-18)16(3)20-14-13-17-7-5-4-6-8-17/h7,9-12,15-16,20H,4-6,8,13-14H2,1-3H3. The molecule has 0 aromatic heterocycles. The Morgan fingerprint density at radius 3 is 2.30 bits per heavy atom. The van der Waals surface area contributed by atoms with Gasteiger partial charge in [-0.1, -0.05) is 49.8 Å². The highest BCUT2D eigenvalue weighted by molar-refractivity contribution is 5.26. The van der Waals surface area contributed by atoms with Crippen molar-refractivity contribution in [3.63, 3.8) is 0 Å². The summed E-state index contributed by atoms with van der Waals surface area (Å²) in [5, 5.41) is 3.65. The van der Waals surface area contributed by atoms with Gasteiger partial charge in [-0.15, -0.1) is 0 Å². The van der Waals surface area contributed by atoms with Crippen LogP contribution in [0.25, 0.3) is 0 Å². The normalized spacial score (nSPS) is 17.1. The van der Waals surface area contributed by atoms with E-state index in [1.807, 2.05) is 0 Å². The molecular formula is C19H29N. The summed E-state index contributed by atoms with van der Waals surface area (Å²) in [5.74, 6) is 0.616. The maximum Gasteiger partial charge on any atom is 0.0291 e. The van der Waals surface area contributed by atoms with Crippen molar-refractivity contribution in [2.45, 2.75) is 64.8 Å². The fourth-order valence-corrected chi connectivity index (χ4v) is 2.87. The van der Waals surface area contributed by atoms with Gasteiger partial charge in [-0.2, -0.15) is 0 Å². The van der Waals surface area contributed by atoms with E-state index in [-0.39, 0.29) is 0 Å². The predicted octanol–water partition coefficient (Wildman–Crippen LogP) is 5.35. The van der Waals surface area contributed by atoms with Crippen LogP contribution in [0.1, 0.15) is 76.0 Å². The molecule has 110 valence electrons. The summed E-state index contributed by atoms with van der Waals surface area (Å²) >= 11 is 0. The van der Waals surface area contributed by atoms with Gasteiger partial charge in [0.05, 0.1) is 0 Å². The third-order valence-electron chi connectivity index (χ3n) is 4.38. The molecule has 1 unspecified atom stereocenters. The molecule has 1 aromatic carbocycles. The number of rotatable bonds is 6. The molecule has 0 heterocycles. The Balaban J connectivity index is 1.79. The zero-order valence-electron chi connectivity index (χ0n) is 13.3. The lowest BCUT2D eigenvalue weighted by Crippen LogP contribution is -2.20. The largest absolute Gasteiger partial charge is 0.310 e. The third kappa shape index (κ3) is 4.49. The summed E-state index contributed by atoms with van der Waals surface area (Å²) in [6, 6.07) is 9.52. The van der Waals surface area contributed by atoms with E-state index in [1.54, 1.807) is 5.57 Å². The third-order valence-corrected chi connectivity index (χ3v) is 4.38. The molecule has 0 saturated heterocycles. The molecule has 0 spiro atoms. The van der Waals surface area contributed by atoms with Crippen molar-refractivity contribution in [3.8, 4) is 0 Å². The van der Waals surface area contributed by atoms with Crippen LogP contribution in [0.3, 0.4) is 0 Å². The van der Waals surface area contributed by atoms with Gasteiger partial charge >= 0.3 is 0 Å². The Labute approximate surface area is 124 Å². The summed E-state index contributed by atoms with van der Waals surface area (Å²) in [4.78, 5) is 0. The minimum Gasteiger partial charge on any atom is -0.310 e. The maximum atomic E-state index is 3.65. The van der Waals surface area contributed by atoms with Crippen molar-refractivity contribution >= 4 is 0 Å². The van der Waals surface area contributed by atoms with Crippen molar-refractivity contribution in [1.82, 2.24) is 5.32 Å². The van der Waals surface area contributed by atoms with Gasteiger partial charge in [0.2, 0.25) is 0 Å². The van der Waals surface area contributed by atoms with E-state index in [2.05, 4.69) is 56.4 Å². The Bertz CT molecular complexity index is 428. The van der Waals surface area contributed by atoms with Gasteiger partial charge in [0, 0.05) is 6.04 Å². The number of hydrogen-bond acceptors (Lipinski definition) is 1. The molecule has 0 radical (unpaired) electrons. The van der Waals surface area contributed by atoms with Crippen molar-refractivity contribution in [1.29, 1.82) is 0 Å². The van der Waals surface area contributed by atoms with Crippen LogP contribution in [0.15, 0.2) is 35.9 Å². The zero-order valence-corrected chi connectivity index (χ0v) is 13.3. The Morgan fingerprint density at radius 1 is 1.00 bits per heavy atom. The molecule has 1 nitrogen and oxygen atoms in total. The van der Waals surface area contributed by atoms with Crippen LogP contribution in [-0.4, -0.2) is 6.54 Å². The predicted molar refractivity (Wildman–Crippen MR) is 88.1 cm³/mol. The van der Waals surface area contributed by atoms with Crippen LogP contribution >= 0.6 is 0 Å². The molecule has 0 aliphatic heterocycles. The molecule has 0 fully saturated rings. The second-order valence-electron chi connectivity index (χ2n) is 6.36. The van der Waals surface area contributed by atoms with Crippen LogP contribution in [0.4, 0.5) is 0 Å². The minimum atomic E-state index is 0.445. The number of nitrogens with one attached hydrogen (secondary N) is 1. The van der Waals surface area contributed by atoms with Gasteiger partial charge < -0.3 is 5.32 Å². The molecule has 1 aromatic rings. The highest BCUT2D eigenvalue weighted by atomic mass is 14.9. The second-order valence-corrected chi connectivity index (χ2v) is 6.36. The van der Waals surface area contributed by atoms with Crippen LogP contribution < -0.4 is 5.32 Å². The monoisotopic (exact) mass is 271 g/mol. The van der Waals surface area contributed by atoms with Gasteiger partial charge in [-0.25, -0.2) is 0 Å². The Hall–Kier alpha value is -1.08. The molecule has 1 heteroatoms. The number of benzene rings is 1. The van der Waals surface area contributed by atoms with Gasteiger partial charge in [0.1, 0.15) is 0 Å². The van der Waals surface area contributed by atoms with Gasteiger partial charge in [-0.05, 0) is 62.6 Å². The first-order valence-corrected chi connectivity index (χ1v) is 8.18. The maximum absolute atomic E-state index is 3.65. The number of hydrogen-bond donors (Lipinski definition) is 1. The molecule has 1 atom stereocenters. The van der Waals surface area contributed by atoms with Gasteiger partial charge in [0.25, 0.3) is 0 Å². The van der Waals surface area contributed by atoms with Crippen molar-refractivity contribution in [3.05, 3.63) is 47.0 Å². The molecule has 20 heavy (non-hydrogen) atoms. The smallest absolute Gasteiger partial charge is 0.0291 e. The zero-order chi connectivity index (χ0) is 14.4. The van der Waals surface area contributed by atoms with E-state index in [0.29, 0.717) is 12.0 Å². The first-order valence-electron chi connectivity index (χ1n) is 8.18. The summed E-state index contributed by atoms with van der Waals surface area (Å²) in [7, 11) is 0. The Kier molecular flexibility index (Phi) is 5.85. The lowest BCUT2D eigenvalue weighted by Gasteiger charge is -2.17. The average molecular weight is 271 g/mol. The first kappa shape index (κ1) is 15.3.